The van der Waals surface area contributed by atoms with E-state index >= 15 is 0 Å². The van der Waals surface area contributed by atoms with Gasteiger partial charge in [0, 0.05) is 6.42 Å². The Balaban J connectivity index is 1.49. The molecule has 1 atom stereocenters. The molecule has 2 N–H and O–H groups in total. The van der Waals surface area contributed by atoms with E-state index in [0.29, 0.717) is 31.3 Å². The molecule has 36 heavy (non-hydrogen) atoms. The molecule has 0 fully saturated rings. The van der Waals surface area contributed by atoms with E-state index in [0.717, 1.165) is 22.4 Å². The Morgan fingerprint density at radius 3 is 2.36 bits per heavy atom. The Hall–Kier alpha value is -3.84. The second kappa shape index (κ2) is 13.9. The largest absolute Gasteiger partial charge is 0.494 e. The van der Waals surface area contributed by atoms with Gasteiger partial charge in [-0.15, -0.1) is 0 Å². The van der Waals surface area contributed by atoms with E-state index in [-0.39, 0.29) is 18.7 Å². The normalized spacial score (nSPS) is 11.8. The number of carbonyl (C=O) groups excluding carboxylic acids is 1. The van der Waals surface area contributed by atoms with E-state index in [2.05, 4.69) is 22.7 Å². The van der Waals surface area contributed by atoms with Crippen LogP contribution in [0.4, 0.5) is 0 Å². The monoisotopic (exact) mass is 490 g/mol. The van der Waals surface area contributed by atoms with Gasteiger partial charge < -0.3 is 19.3 Å². The second-order valence-corrected chi connectivity index (χ2v) is 8.26. The number of nitrogens with zero attached hydrogens (tertiary/aromatic N) is 1. The molecule has 0 unspecified atom stereocenters. The zero-order chi connectivity index (χ0) is 25.8. The molecule has 0 aliphatic heterocycles. The van der Waals surface area contributed by atoms with E-state index in [1.165, 1.54) is 5.56 Å². The Kier molecular flexibility index (Phi) is 10.3. The number of amides is 1. The summed E-state index contributed by atoms with van der Waals surface area (Å²) in [6.07, 6.45) is 1.24. The number of carbonyl (C=O) groups is 1. The molecule has 3 aromatic rings. The van der Waals surface area contributed by atoms with E-state index in [9.17, 15) is 9.90 Å². The Labute approximate surface area is 212 Å². The summed E-state index contributed by atoms with van der Waals surface area (Å²) >= 11 is 0. The average Bonchev–Trinajstić information content (AvgIpc) is 2.88. The lowest BCUT2D eigenvalue weighted by molar-refractivity contribution is -0.121. The fourth-order valence-corrected chi connectivity index (χ4v) is 3.46. The lowest BCUT2D eigenvalue weighted by Gasteiger charge is -2.13. The van der Waals surface area contributed by atoms with Crippen LogP contribution in [0.2, 0.25) is 0 Å². The van der Waals surface area contributed by atoms with Crippen LogP contribution < -0.4 is 19.6 Å². The summed E-state index contributed by atoms with van der Waals surface area (Å²) in [5.74, 6) is 1.72. The minimum atomic E-state index is -0.739. The molecule has 0 aliphatic rings. The molecule has 0 saturated heterocycles. The van der Waals surface area contributed by atoms with Crippen molar-refractivity contribution in [1.29, 1.82) is 0 Å². The highest BCUT2D eigenvalue weighted by atomic mass is 16.5. The van der Waals surface area contributed by atoms with Crippen LogP contribution in [0.15, 0.2) is 71.8 Å². The van der Waals surface area contributed by atoms with Crippen molar-refractivity contribution in [3.05, 3.63) is 89.0 Å². The number of rotatable bonds is 13. The Bertz CT molecular complexity index is 1130. The highest BCUT2D eigenvalue weighted by Gasteiger charge is 2.11. The highest BCUT2D eigenvalue weighted by Crippen LogP contribution is 2.29. The van der Waals surface area contributed by atoms with Crippen molar-refractivity contribution in [1.82, 2.24) is 5.43 Å². The zero-order valence-electron chi connectivity index (χ0n) is 21.1. The summed E-state index contributed by atoms with van der Waals surface area (Å²) in [7, 11) is 0. The van der Waals surface area contributed by atoms with Crippen molar-refractivity contribution in [2.45, 2.75) is 46.3 Å². The fourth-order valence-electron chi connectivity index (χ4n) is 3.46. The molecule has 0 saturated carbocycles. The Morgan fingerprint density at radius 1 is 0.944 bits per heavy atom. The summed E-state index contributed by atoms with van der Waals surface area (Å²) in [4.78, 5) is 12.2. The molecular weight excluding hydrogens is 456 g/mol. The Morgan fingerprint density at radius 2 is 1.67 bits per heavy atom. The topological polar surface area (TPSA) is 89.4 Å². The van der Waals surface area contributed by atoms with Gasteiger partial charge in [0.05, 0.1) is 25.5 Å². The number of aryl methyl sites for hydroxylation is 1. The van der Waals surface area contributed by atoms with Crippen molar-refractivity contribution < 1.29 is 24.1 Å². The first-order valence-electron chi connectivity index (χ1n) is 12.2. The molecule has 7 heteroatoms. The molecule has 3 rings (SSSR count). The molecule has 0 aliphatic carbocycles. The van der Waals surface area contributed by atoms with Crippen LogP contribution in [-0.2, 0) is 11.4 Å². The quantitative estimate of drug-likeness (QED) is 0.250. The van der Waals surface area contributed by atoms with Gasteiger partial charge in [0.15, 0.2) is 11.5 Å². The lowest BCUT2D eigenvalue weighted by atomic mass is 10.0. The number of nitrogens with one attached hydrogen (secondary N) is 1. The molecule has 0 spiro atoms. The van der Waals surface area contributed by atoms with E-state index in [1.54, 1.807) is 18.3 Å². The van der Waals surface area contributed by atoms with Crippen LogP contribution in [0.3, 0.4) is 0 Å². The number of aliphatic hydroxyl groups excluding tert-OH is 1. The molecule has 0 aromatic heterocycles. The van der Waals surface area contributed by atoms with Crippen LogP contribution in [0, 0.1) is 6.92 Å². The standard InChI is InChI=1S/C29H34N2O5/c1-4-34-25-13-11-24(12-14-25)26(32)15-17-29(33)31-30-19-23-10-16-27(28(18-23)35-5-2)36-20-22-8-6-21(3)7-9-22/h6-14,16,18-19,26,32H,4-5,15,17,20H2,1-3H3,(H,31,33)/b30-19-/t26-/m1/s1. The number of ether oxygens (including phenoxy) is 3. The first-order valence-corrected chi connectivity index (χ1v) is 12.2. The minimum absolute atomic E-state index is 0.141. The molecule has 3 aromatic carbocycles. The molecule has 0 bridgehead atoms. The average molecular weight is 491 g/mol. The van der Waals surface area contributed by atoms with Gasteiger partial charge in [0.2, 0.25) is 5.91 Å². The van der Waals surface area contributed by atoms with Crippen molar-refractivity contribution in [3.8, 4) is 17.2 Å². The van der Waals surface area contributed by atoms with Gasteiger partial charge in [-0.1, -0.05) is 42.0 Å². The highest BCUT2D eigenvalue weighted by molar-refractivity contribution is 5.83. The zero-order valence-corrected chi connectivity index (χ0v) is 21.1. The van der Waals surface area contributed by atoms with Gasteiger partial charge >= 0.3 is 0 Å². The first kappa shape index (κ1) is 26.8. The predicted molar refractivity (Wildman–Crippen MR) is 141 cm³/mol. The lowest BCUT2D eigenvalue weighted by Crippen LogP contribution is -2.18. The number of hydrogen-bond donors (Lipinski definition) is 2. The maximum absolute atomic E-state index is 12.2. The number of hydrazone groups is 1. The summed E-state index contributed by atoms with van der Waals surface area (Å²) in [5, 5.41) is 14.4. The summed E-state index contributed by atoms with van der Waals surface area (Å²) in [5.41, 5.74) is 6.28. The number of benzene rings is 3. The van der Waals surface area contributed by atoms with Crippen LogP contribution in [-0.4, -0.2) is 30.4 Å². The molecular formula is C29H34N2O5. The van der Waals surface area contributed by atoms with Gasteiger partial charge in [0.1, 0.15) is 12.4 Å². The molecule has 7 nitrogen and oxygen atoms in total. The van der Waals surface area contributed by atoms with Gasteiger partial charge in [-0.3, -0.25) is 4.79 Å². The smallest absolute Gasteiger partial charge is 0.240 e. The molecule has 0 radical (unpaired) electrons. The summed E-state index contributed by atoms with van der Waals surface area (Å²) in [6, 6.07) is 20.9. The predicted octanol–water partition coefficient (Wildman–Crippen LogP) is 5.34. The minimum Gasteiger partial charge on any atom is -0.494 e. The van der Waals surface area contributed by atoms with Gasteiger partial charge in [-0.2, -0.15) is 5.10 Å². The van der Waals surface area contributed by atoms with E-state index < -0.39 is 6.10 Å². The third-order valence-corrected chi connectivity index (χ3v) is 5.41. The number of hydrogen-bond acceptors (Lipinski definition) is 6. The first-order chi connectivity index (χ1) is 17.5. The molecule has 1 amide bonds. The van der Waals surface area contributed by atoms with Crippen LogP contribution >= 0.6 is 0 Å². The van der Waals surface area contributed by atoms with Gasteiger partial charge in [-0.05, 0) is 74.2 Å². The summed E-state index contributed by atoms with van der Waals surface area (Å²) < 4.78 is 17.1. The van der Waals surface area contributed by atoms with E-state index in [4.69, 9.17) is 14.2 Å². The third kappa shape index (κ3) is 8.43. The maximum Gasteiger partial charge on any atom is 0.240 e. The van der Waals surface area contributed by atoms with Crippen molar-refractivity contribution in [3.63, 3.8) is 0 Å². The molecule has 190 valence electrons. The fraction of sp³-hybridized carbons (Fsp3) is 0.310. The number of aliphatic hydroxyl groups is 1. The molecule has 0 heterocycles. The van der Waals surface area contributed by atoms with E-state index in [1.807, 2.05) is 63.2 Å². The third-order valence-electron chi connectivity index (χ3n) is 5.41. The maximum atomic E-state index is 12.2. The van der Waals surface area contributed by atoms with Crippen LogP contribution in [0.25, 0.3) is 0 Å². The van der Waals surface area contributed by atoms with Crippen molar-refractivity contribution >= 4 is 12.1 Å². The SMILES string of the molecule is CCOc1ccc([C@H](O)CCC(=O)N/N=C\c2ccc(OCc3ccc(C)cc3)c(OCC)c2)cc1. The van der Waals surface area contributed by atoms with Crippen LogP contribution in [0.5, 0.6) is 17.2 Å². The second-order valence-electron chi connectivity index (χ2n) is 8.26. The van der Waals surface area contributed by atoms with Gasteiger partial charge in [0.25, 0.3) is 0 Å². The van der Waals surface area contributed by atoms with Crippen molar-refractivity contribution in [2.75, 3.05) is 13.2 Å². The van der Waals surface area contributed by atoms with Crippen LogP contribution in [0.1, 0.15) is 55.0 Å². The summed E-state index contributed by atoms with van der Waals surface area (Å²) in [6.45, 7) is 7.39. The van der Waals surface area contributed by atoms with Crippen molar-refractivity contribution in [2.24, 2.45) is 5.10 Å². The van der Waals surface area contributed by atoms with Gasteiger partial charge in [-0.25, -0.2) is 5.43 Å².